The van der Waals surface area contributed by atoms with Crippen molar-refractivity contribution in [2.45, 2.75) is 13.8 Å². The van der Waals surface area contributed by atoms with Gasteiger partial charge in [-0.25, -0.2) is 18.7 Å². The van der Waals surface area contributed by atoms with Crippen molar-refractivity contribution in [3.8, 4) is 0 Å². The highest BCUT2D eigenvalue weighted by Gasteiger charge is 2.11. The van der Waals surface area contributed by atoms with E-state index in [1.165, 1.54) is 19.1 Å². The molecule has 5 nitrogen and oxygen atoms in total. The van der Waals surface area contributed by atoms with Crippen LogP contribution in [0.15, 0.2) is 48.5 Å². The molecule has 0 atom stereocenters. The quantitative estimate of drug-likeness (QED) is 0.647. The number of hydrogen-bond donors (Lipinski definition) is 2. The number of hydrogen-bond acceptors (Lipinski definition) is 5. The van der Waals surface area contributed by atoms with Gasteiger partial charge in [0.05, 0.1) is 0 Å². The molecule has 1 heterocycles. The number of nitrogens with one attached hydrogen (secondary N) is 2. The molecule has 0 amide bonds. The van der Waals surface area contributed by atoms with E-state index in [2.05, 4.69) is 20.6 Å². The topological polar surface area (TPSA) is 66.9 Å². The Bertz CT molecular complexity index is 955. The van der Waals surface area contributed by atoms with Gasteiger partial charge in [-0.2, -0.15) is 0 Å². The maximum atomic E-state index is 13.8. The standard InChI is InChI=1S/C19H16F2N4O/c1-11(26)13-5-3-6-14(9-13)24-17-10-18(23-12(2)22-17)25-19-15(20)7-4-8-16(19)21/h3-10H,1-2H3,(H2,22,23,24,25). The molecule has 0 aliphatic heterocycles. The summed E-state index contributed by atoms with van der Waals surface area (Å²) in [5, 5.41) is 5.71. The Kier molecular flexibility index (Phi) is 4.88. The minimum absolute atomic E-state index is 0.0510. The number of ketones is 1. The van der Waals surface area contributed by atoms with Crippen LogP contribution in [0.3, 0.4) is 0 Å². The minimum Gasteiger partial charge on any atom is -0.340 e. The highest BCUT2D eigenvalue weighted by molar-refractivity contribution is 5.95. The molecule has 0 aliphatic rings. The average Bonchev–Trinajstić information content (AvgIpc) is 2.58. The van der Waals surface area contributed by atoms with Crippen LogP contribution in [0.4, 0.5) is 31.8 Å². The number of aryl methyl sites for hydroxylation is 1. The molecule has 3 aromatic rings. The van der Waals surface area contributed by atoms with Crippen molar-refractivity contribution in [3.05, 3.63) is 71.6 Å². The molecule has 132 valence electrons. The van der Waals surface area contributed by atoms with Crippen molar-refractivity contribution in [3.63, 3.8) is 0 Å². The lowest BCUT2D eigenvalue weighted by Crippen LogP contribution is -2.04. The molecule has 2 N–H and O–H groups in total. The zero-order valence-electron chi connectivity index (χ0n) is 14.2. The number of carbonyl (C=O) groups excluding carboxylic acids is 1. The molecule has 0 saturated carbocycles. The second-order valence-electron chi connectivity index (χ2n) is 5.67. The van der Waals surface area contributed by atoms with Crippen molar-refractivity contribution in [2.24, 2.45) is 0 Å². The zero-order chi connectivity index (χ0) is 18.7. The highest BCUT2D eigenvalue weighted by Crippen LogP contribution is 2.24. The second-order valence-corrected chi connectivity index (χ2v) is 5.67. The lowest BCUT2D eigenvalue weighted by molar-refractivity contribution is 0.101. The zero-order valence-corrected chi connectivity index (χ0v) is 14.2. The third-order valence-electron chi connectivity index (χ3n) is 3.60. The molecule has 0 radical (unpaired) electrons. The Hall–Kier alpha value is -3.35. The molecule has 26 heavy (non-hydrogen) atoms. The number of rotatable bonds is 5. The van der Waals surface area contributed by atoms with Crippen molar-refractivity contribution < 1.29 is 13.6 Å². The number of benzene rings is 2. The summed E-state index contributed by atoms with van der Waals surface area (Å²) in [6.07, 6.45) is 0. The molecule has 7 heteroatoms. The first kappa shape index (κ1) is 17.5. The number of para-hydroxylation sites is 1. The Balaban J connectivity index is 1.88. The van der Waals surface area contributed by atoms with Crippen molar-refractivity contribution in [1.29, 1.82) is 0 Å². The summed E-state index contributed by atoms with van der Waals surface area (Å²) in [5.41, 5.74) is 0.946. The van der Waals surface area contributed by atoms with Crippen LogP contribution < -0.4 is 10.6 Å². The molecule has 2 aromatic carbocycles. The first-order valence-corrected chi connectivity index (χ1v) is 7.87. The van der Waals surface area contributed by atoms with Gasteiger partial charge in [0.2, 0.25) is 0 Å². The van der Waals surface area contributed by atoms with Crippen LogP contribution in [0.2, 0.25) is 0 Å². The monoisotopic (exact) mass is 354 g/mol. The molecule has 0 spiro atoms. The summed E-state index contributed by atoms with van der Waals surface area (Å²) in [5.74, 6) is -0.402. The van der Waals surface area contributed by atoms with E-state index < -0.39 is 11.6 Å². The van der Waals surface area contributed by atoms with Gasteiger partial charge < -0.3 is 10.6 Å². The van der Waals surface area contributed by atoms with E-state index >= 15 is 0 Å². The maximum absolute atomic E-state index is 13.8. The van der Waals surface area contributed by atoms with E-state index in [1.807, 2.05) is 0 Å². The van der Waals surface area contributed by atoms with E-state index in [-0.39, 0.29) is 17.3 Å². The normalized spacial score (nSPS) is 10.5. The Morgan fingerprint density at radius 1 is 0.923 bits per heavy atom. The predicted octanol–water partition coefficient (Wildman–Crippen LogP) is 4.75. The summed E-state index contributed by atoms with van der Waals surface area (Å²) >= 11 is 0. The molecule has 0 bridgehead atoms. The van der Waals surface area contributed by atoms with Gasteiger partial charge in [0, 0.05) is 17.3 Å². The molecule has 0 fully saturated rings. The fraction of sp³-hybridized carbons (Fsp3) is 0.105. The molecule has 3 rings (SSSR count). The molecule has 0 unspecified atom stereocenters. The first-order chi connectivity index (χ1) is 12.4. The molecular weight excluding hydrogens is 338 g/mol. The van der Waals surface area contributed by atoms with Crippen LogP contribution in [0, 0.1) is 18.6 Å². The van der Waals surface area contributed by atoms with Gasteiger partial charge >= 0.3 is 0 Å². The van der Waals surface area contributed by atoms with Gasteiger partial charge in [-0.3, -0.25) is 4.79 Å². The number of Topliss-reactive ketones (excluding diaryl/α,β-unsaturated/α-hetero) is 1. The highest BCUT2D eigenvalue weighted by atomic mass is 19.1. The largest absolute Gasteiger partial charge is 0.340 e. The van der Waals surface area contributed by atoms with Gasteiger partial charge in [0.1, 0.15) is 34.8 Å². The van der Waals surface area contributed by atoms with E-state index in [1.54, 1.807) is 31.2 Å². The van der Waals surface area contributed by atoms with Crippen molar-refractivity contribution in [1.82, 2.24) is 9.97 Å². The molecule has 0 aliphatic carbocycles. The Labute approximate surface area is 149 Å². The lowest BCUT2D eigenvalue weighted by Gasteiger charge is -2.11. The number of anilines is 4. The lowest BCUT2D eigenvalue weighted by atomic mass is 10.1. The maximum Gasteiger partial charge on any atom is 0.159 e. The summed E-state index contributed by atoms with van der Waals surface area (Å²) in [7, 11) is 0. The summed E-state index contributed by atoms with van der Waals surface area (Å²) < 4.78 is 27.6. The number of halogens is 2. The second kappa shape index (κ2) is 7.26. The van der Waals surface area contributed by atoms with Gasteiger partial charge in [0.25, 0.3) is 0 Å². The van der Waals surface area contributed by atoms with Crippen LogP contribution in [0.5, 0.6) is 0 Å². The van der Waals surface area contributed by atoms with Gasteiger partial charge in [-0.15, -0.1) is 0 Å². The SMILES string of the molecule is CC(=O)c1cccc(Nc2cc(Nc3c(F)cccc3F)nc(C)n2)c1. The fourth-order valence-corrected chi connectivity index (χ4v) is 2.40. The number of nitrogens with zero attached hydrogens (tertiary/aromatic N) is 2. The fourth-order valence-electron chi connectivity index (χ4n) is 2.40. The van der Waals surface area contributed by atoms with E-state index in [0.29, 0.717) is 22.9 Å². The van der Waals surface area contributed by atoms with Crippen molar-refractivity contribution in [2.75, 3.05) is 10.6 Å². The Morgan fingerprint density at radius 3 is 2.19 bits per heavy atom. The van der Waals surface area contributed by atoms with Gasteiger partial charge in [-0.1, -0.05) is 18.2 Å². The van der Waals surface area contributed by atoms with Gasteiger partial charge in [0.15, 0.2) is 5.78 Å². The van der Waals surface area contributed by atoms with Crippen LogP contribution in [0.1, 0.15) is 23.1 Å². The summed E-state index contributed by atoms with van der Waals surface area (Å²) in [6, 6.07) is 12.1. The smallest absolute Gasteiger partial charge is 0.159 e. The summed E-state index contributed by atoms with van der Waals surface area (Å²) in [4.78, 5) is 19.9. The van der Waals surface area contributed by atoms with E-state index in [0.717, 1.165) is 12.1 Å². The summed E-state index contributed by atoms with van der Waals surface area (Å²) in [6.45, 7) is 3.15. The number of aromatic nitrogens is 2. The van der Waals surface area contributed by atoms with Crippen LogP contribution in [-0.2, 0) is 0 Å². The first-order valence-electron chi connectivity index (χ1n) is 7.87. The predicted molar refractivity (Wildman–Crippen MR) is 96.1 cm³/mol. The molecule has 0 saturated heterocycles. The van der Waals surface area contributed by atoms with Crippen LogP contribution >= 0.6 is 0 Å². The Morgan fingerprint density at radius 2 is 1.54 bits per heavy atom. The molecular formula is C19H16F2N4O. The van der Waals surface area contributed by atoms with Gasteiger partial charge in [-0.05, 0) is 38.1 Å². The van der Waals surface area contributed by atoms with Crippen LogP contribution in [0.25, 0.3) is 0 Å². The third kappa shape index (κ3) is 4.00. The minimum atomic E-state index is -0.718. The number of carbonyl (C=O) groups is 1. The van der Waals surface area contributed by atoms with Crippen LogP contribution in [-0.4, -0.2) is 15.8 Å². The van der Waals surface area contributed by atoms with E-state index in [9.17, 15) is 13.6 Å². The van der Waals surface area contributed by atoms with Crippen molar-refractivity contribution >= 4 is 28.8 Å². The average molecular weight is 354 g/mol. The molecule has 1 aromatic heterocycles. The third-order valence-corrected chi connectivity index (χ3v) is 3.60. The van der Waals surface area contributed by atoms with E-state index in [4.69, 9.17) is 0 Å².